The van der Waals surface area contributed by atoms with Gasteiger partial charge in [0.05, 0.1) is 5.69 Å². The van der Waals surface area contributed by atoms with Crippen molar-refractivity contribution in [2.45, 2.75) is 46.1 Å². The summed E-state index contributed by atoms with van der Waals surface area (Å²) < 4.78 is 2.02. The number of hydrogen-bond donors (Lipinski definition) is 1. The molecular formula is C12H21N3. The summed E-state index contributed by atoms with van der Waals surface area (Å²) in [5.74, 6) is 0. The molecule has 15 heavy (non-hydrogen) atoms. The molecule has 0 saturated heterocycles. The fourth-order valence-electron chi connectivity index (χ4n) is 2.76. The van der Waals surface area contributed by atoms with Crippen molar-refractivity contribution in [2.24, 2.45) is 18.2 Å². The highest BCUT2D eigenvalue weighted by Gasteiger charge is 2.34. The van der Waals surface area contributed by atoms with Gasteiger partial charge in [0.25, 0.3) is 0 Å². The van der Waals surface area contributed by atoms with Gasteiger partial charge in [0.2, 0.25) is 0 Å². The predicted octanol–water partition coefficient (Wildman–Crippen LogP) is 1.95. The van der Waals surface area contributed by atoms with Crippen molar-refractivity contribution >= 4 is 0 Å². The average Bonchev–Trinajstić information content (AvgIpc) is 2.41. The third-order valence-corrected chi connectivity index (χ3v) is 3.41. The van der Waals surface area contributed by atoms with Crippen LogP contribution in [-0.4, -0.2) is 9.78 Å². The van der Waals surface area contributed by atoms with Crippen LogP contribution in [0.2, 0.25) is 0 Å². The zero-order chi connectivity index (χ0) is 11.2. The van der Waals surface area contributed by atoms with E-state index in [1.54, 1.807) is 0 Å². The maximum absolute atomic E-state index is 6.26. The summed E-state index contributed by atoms with van der Waals surface area (Å²) >= 11 is 0. The molecule has 0 fully saturated rings. The Labute approximate surface area is 91.7 Å². The lowest BCUT2D eigenvalue weighted by Crippen LogP contribution is -2.30. The molecule has 0 saturated carbocycles. The van der Waals surface area contributed by atoms with Crippen LogP contribution in [-0.2, 0) is 19.9 Å². The van der Waals surface area contributed by atoms with E-state index in [1.807, 2.05) is 11.7 Å². The van der Waals surface area contributed by atoms with Crippen molar-refractivity contribution in [3.8, 4) is 0 Å². The topological polar surface area (TPSA) is 43.8 Å². The third kappa shape index (κ3) is 1.69. The van der Waals surface area contributed by atoms with E-state index in [4.69, 9.17) is 5.73 Å². The SMILES string of the molecule is CCc1nn(C)c2c1C(N)CC(C)(C)C2. The molecule has 1 heterocycles. The van der Waals surface area contributed by atoms with Gasteiger partial charge >= 0.3 is 0 Å². The maximum Gasteiger partial charge on any atom is 0.0672 e. The van der Waals surface area contributed by atoms with E-state index in [9.17, 15) is 0 Å². The Morgan fingerprint density at radius 1 is 1.53 bits per heavy atom. The molecule has 3 heteroatoms. The van der Waals surface area contributed by atoms with E-state index >= 15 is 0 Å². The van der Waals surface area contributed by atoms with Crippen molar-refractivity contribution < 1.29 is 0 Å². The van der Waals surface area contributed by atoms with Crippen LogP contribution in [0.5, 0.6) is 0 Å². The molecule has 2 rings (SSSR count). The molecule has 1 atom stereocenters. The van der Waals surface area contributed by atoms with Gasteiger partial charge in [0.15, 0.2) is 0 Å². The second kappa shape index (κ2) is 3.34. The standard InChI is InChI=1S/C12H21N3/c1-5-9-11-8(13)6-12(2,3)7-10(11)15(4)14-9/h8H,5-7,13H2,1-4H3. The highest BCUT2D eigenvalue weighted by Crippen LogP contribution is 2.40. The average molecular weight is 207 g/mol. The summed E-state index contributed by atoms with van der Waals surface area (Å²) in [5.41, 5.74) is 10.4. The molecule has 0 amide bonds. The molecule has 0 radical (unpaired) electrons. The monoisotopic (exact) mass is 207 g/mol. The molecule has 1 unspecified atom stereocenters. The normalized spacial score (nSPS) is 23.9. The van der Waals surface area contributed by atoms with Crippen molar-refractivity contribution in [1.82, 2.24) is 9.78 Å². The number of fused-ring (bicyclic) bond motifs is 1. The summed E-state index contributed by atoms with van der Waals surface area (Å²) in [6, 6.07) is 0.174. The number of aryl methyl sites for hydroxylation is 2. The lowest BCUT2D eigenvalue weighted by atomic mass is 9.74. The molecule has 0 spiro atoms. The zero-order valence-electron chi connectivity index (χ0n) is 10.2. The van der Waals surface area contributed by atoms with Crippen LogP contribution in [0.15, 0.2) is 0 Å². The second-order valence-corrected chi connectivity index (χ2v) is 5.44. The van der Waals surface area contributed by atoms with E-state index in [0.717, 1.165) is 19.3 Å². The van der Waals surface area contributed by atoms with Crippen LogP contribution in [0.3, 0.4) is 0 Å². The number of rotatable bonds is 1. The summed E-state index contributed by atoms with van der Waals surface area (Å²) in [6.07, 6.45) is 3.15. The summed E-state index contributed by atoms with van der Waals surface area (Å²) in [7, 11) is 2.03. The van der Waals surface area contributed by atoms with Crippen molar-refractivity contribution in [2.75, 3.05) is 0 Å². The van der Waals surface area contributed by atoms with Crippen LogP contribution in [0.1, 0.15) is 50.2 Å². The molecule has 84 valence electrons. The van der Waals surface area contributed by atoms with E-state index in [1.165, 1.54) is 17.0 Å². The molecule has 0 bridgehead atoms. The molecule has 0 aliphatic heterocycles. The highest BCUT2D eigenvalue weighted by atomic mass is 15.3. The smallest absolute Gasteiger partial charge is 0.0672 e. The summed E-state index contributed by atoms with van der Waals surface area (Å²) in [6.45, 7) is 6.72. The van der Waals surface area contributed by atoms with Crippen LogP contribution >= 0.6 is 0 Å². The lowest BCUT2D eigenvalue weighted by Gasteiger charge is -2.34. The third-order valence-electron chi connectivity index (χ3n) is 3.41. The Morgan fingerprint density at radius 3 is 2.80 bits per heavy atom. The fourth-order valence-corrected chi connectivity index (χ4v) is 2.76. The van der Waals surface area contributed by atoms with Crippen molar-refractivity contribution in [3.63, 3.8) is 0 Å². The molecule has 1 aromatic heterocycles. The molecule has 2 N–H and O–H groups in total. The van der Waals surface area contributed by atoms with Gasteiger partial charge in [-0.1, -0.05) is 20.8 Å². The number of nitrogens with two attached hydrogens (primary N) is 1. The van der Waals surface area contributed by atoms with E-state index < -0.39 is 0 Å². The predicted molar refractivity (Wildman–Crippen MR) is 61.6 cm³/mol. The van der Waals surface area contributed by atoms with Gasteiger partial charge in [0.1, 0.15) is 0 Å². The number of hydrogen-bond acceptors (Lipinski definition) is 2. The Bertz CT molecular complexity index is 376. The zero-order valence-corrected chi connectivity index (χ0v) is 10.2. The first-order chi connectivity index (χ1) is 6.94. The Morgan fingerprint density at radius 2 is 2.20 bits per heavy atom. The van der Waals surface area contributed by atoms with Crippen LogP contribution in [0, 0.1) is 5.41 Å². The van der Waals surface area contributed by atoms with Crippen molar-refractivity contribution in [3.05, 3.63) is 17.0 Å². The molecule has 1 aromatic rings. The van der Waals surface area contributed by atoms with Crippen LogP contribution < -0.4 is 5.73 Å². The fraction of sp³-hybridized carbons (Fsp3) is 0.750. The highest BCUT2D eigenvalue weighted by molar-refractivity contribution is 5.33. The first-order valence-electron chi connectivity index (χ1n) is 5.75. The minimum Gasteiger partial charge on any atom is -0.324 e. The quantitative estimate of drug-likeness (QED) is 0.765. The van der Waals surface area contributed by atoms with Gasteiger partial charge < -0.3 is 5.73 Å². The minimum absolute atomic E-state index is 0.174. The van der Waals surface area contributed by atoms with Gasteiger partial charge in [-0.05, 0) is 24.7 Å². The molecule has 1 aliphatic carbocycles. The van der Waals surface area contributed by atoms with Crippen molar-refractivity contribution in [1.29, 1.82) is 0 Å². The Kier molecular flexibility index (Phi) is 2.38. The first kappa shape index (κ1) is 10.7. The van der Waals surface area contributed by atoms with Gasteiger partial charge in [-0.3, -0.25) is 4.68 Å². The summed E-state index contributed by atoms with van der Waals surface area (Å²) in [5, 5.41) is 4.56. The molecule has 0 aromatic carbocycles. The maximum atomic E-state index is 6.26. The largest absolute Gasteiger partial charge is 0.324 e. The minimum atomic E-state index is 0.174. The van der Waals surface area contributed by atoms with Gasteiger partial charge in [-0.2, -0.15) is 5.10 Å². The Balaban J connectivity index is 2.51. The number of nitrogens with zero attached hydrogens (tertiary/aromatic N) is 2. The molecule has 1 aliphatic rings. The molecule has 3 nitrogen and oxygen atoms in total. The first-order valence-corrected chi connectivity index (χ1v) is 5.75. The molecular weight excluding hydrogens is 186 g/mol. The van der Waals surface area contributed by atoms with Gasteiger partial charge in [0, 0.05) is 24.3 Å². The van der Waals surface area contributed by atoms with E-state index in [2.05, 4.69) is 25.9 Å². The number of aromatic nitrogens is 2. The van der Waals surface area contributed by atoms with E-state index in [-0.39, 0.29) is 6.04 Å². The van der Waals surface area contributed by atoms with E-state index in [0.29, 0.717) is 5.41 Å². The van der Waals surface area contributed by atoms with Crippen LogP contribution in [0.4, 0.5) is 0 Å². The second-order valence-electron chi connectivity index (χ2n) is 5.44. The van der Waals surface area contributed by atoms with Gasteiger partial charge in [-0.25, -0.2) is 0 Å². The van der Waals surface area contributed by atoms with Crippen LogP contribution in [0.25, 0.3) is 0 Å². The lowest BCUT2D eigenvalue weighted by molar-refractivity contribution is 0.275. The Hall–Kier alpha value is -0.830. The summed E-state index contributed by atoms with van der Waals surface area (Å²) in [4.78, 5) is 0. The van der Waals surface area contributed by atoms with Gasteiger partial charge in [-0.15, -0.1) is 0 Å².